The summed E-state index contributed by atoms with van der Waals surface area (Å²) in [5, 5.41) is 6.01. The van der Waals surface area contributed by atoms with E-state index in [1.807, 2.05) is 37.3 Å². The van der Waals surface area contributed by atoms with Gasteiger partial charge in [0.1, 0.15) is 12.4 Å². The van der Waals surface area contributed by atoms with E-state index in [0.717, 1.165) is 22.9 Å². The highest BCUT2D eigenvalue weighted by molar-refractivity contribution is 5.91. The van der Waals surface area contributed by atoms with Crippen molar-refractivity contribution in [3.05, 3.63) is 48.0 Å². The molecule has 0 spiro atoms. The molecule has 1 heterocycles. The monoisotopic (exact) mass is 286 g/mol. The quantitative estimate of drug-likeness (QED) is 0.849. The molecule has 1 amide bonds. The van der Waals surface area contributed by atoms with Crippen molar-refractivity contribution in [2.75, 3.05) is 24.4 Å². The number of hydrogen-bond donors (Lipinski definition) is 2. The van der Waals surface area contributed by atoms with E-state index in [-0.39, 0.29) is 12.5 Å². The number of anilines is 2. The fourth-order valence-electron chi connectivity index (χ4n) is 1.80. The van der Waals surface area contributed by atoms with Gasteiger partial charge in [-0.05, 0) is 37.3 Å². The van der Waals surface area contributed by atoms with Crippen molar-refractivity contribution in [3.8, 4) is 0 Å². The summed E-state index contributed by atoms with van der Waals surface area (Å²) in [7, 11) is 1.49. The van der Waals surface area contributed by atoms with Gasteiger partial charge >= 0.3 is 0 Å². The van der Waals surface area contributed by atoms with Crippen LogP contribution in [0.3, 0.4) is 0 Å². The van der Waals surface area contributed by atoms with E-state index in [1.54, 1.807) is 6.20 Å². The molecular weight excluding hydrogens is 268 g/mol. The van der Waals surface area contributed by atoms with Gasteiger partial charge in [0.25, 0.3) is 0 Å². The fraction of sp³-hybridized carbons (Fsp3) is 0.267. The van der Waals surface area contributed by atoms with Crippen molar-refractivity contribution >= 4 is 17.3 Å². The summed E-state index contributed by atoms with van der Waals surface area (Å²) in [6.07, 6.45) is 1.74. The van der Waals surface area contributed by atoms with Gasteiger partial charge in [-0.2, -0.15) is 0 Å². The first-order valence-electron chi connectivity index (χ1n) is 6.58. The number of benzene rings is 1. The van der Waals surface area contributed by atoms with E-state index in [1.165, 1.54) is 7.11 Å². The fourth-order valence-corrected chi connectivity index (χ4v) is 1.80. The minimum Gasteiger partial charge on any atom is -0.379 e. The van der Waals surface area contributed by atoms with Crippen LogP contribution in [0.2, 0.25) is 0 Å². The first-order chi connectivity index (χ1) is 10.2. The van der Waals surface area contributed by atoms with E-state index in [2.05, 4.69) is 20.6 Å². The Balaban J connectivity index is 1.89. The third-order valence-corrected chi connectivity index (χ3v) is 2.75. The molecule has 0 saturated carbocycles. The van der Waals surface area contributed by atoms with E-state index in [4.69, 9.17) is 4.74 Å². The van der Waals surface area contributed by atoms with Gasteiger partial charge in [-0.15, -0.1) is 0 Å². The van der Waals surface area contributed by atoms with Crippen LogP contribution in [0.25, 0.3) is 0 Å². The first-order valence-corrected chi connectivity index (χ1v) is 6.58. The van der Waals surface area contributed by atoms with Gasteiger partial charge in [-0.1, -0.05) is 0 Å². The first kappa shape index (κ1) is 14.9. The standard InChI is InChI=1S/C15H18N4O2/c1-11-16-8-7-14(18-11)9-17-12-3-5-13(6-4-12)19-15(20)10-21-2/h3-8,17H,9-10H2,1-2H3,(H,19,20). The van der Waals surface area contributed by atoms with Crippen molar-refractivity contribution in [1.82, 2.24) is 9.97 Å². The lowest BCUT2D eigenvalue weighted by molar-refractivity contribution is -0.119. The second kappa shape index (κ2) is 7.35. The molecule has 0 aliphatic heterocycles. The van der Waals surface area contributed by atoms with Gasteiger partial charge in [-0.3, -0.25) is 4.79 Å². The van der Waals surface area contributed by atoms with Gasteiger partial charge in [-0.25, -0.2) is 9.97 Å². The van der Waals surface area contributed by atoms with Crippen LogP contribution in [0, 0.1) is 6.92 Å². The Morgan fingerprint density at radius 3 is 2.57 bits per heavy atom. The number of rotatable bonds is 6. The number of hydrogen-bond acceptors (Lipinski definition) is 5. The van der Waals surface area contributed by atoms with Crippen molar-refractivity contribution in [2.24, 2.45) is 0 Å². The molecular formula is C15H18N4O2. The lowest BCUT2D eigenvalue weighted by Crippen LogP contribution is -2.16. The molecule has 2 aromatic rings. The summed E-state index contributed by atoms with van der Waals surface area (Å²) in [4.78, 5) is 19.8. The SMILES string of the molecule is COCC(=O)Nc1ccc(NCc2ccnc(C)n2)cc1. The van der Waals surface area contributed by atoms with Crippen molar-refractivity contribution in [3.63, 3.8) is 0 Å². The zero-order chi connectivity index (χ0) is 15.1. The number of carbonyl (C=O) groups is 1. The minimum atomic E-state index is -0.172. The number of carbonyl (C=O) groups excluding carboxylic acids is 1. The summed E-state index contributed by atoms with van der Waals surface area (Å²) in [6.45, 7) is 2.53. The maximum absolute atomic E-state index is 11.4. The average Bonchev–Trinajstić information content (AvgIpc) is 2.47. The second-order valence-corrected chi connectivity index (χ2v) is 4.51. The molecule has 2 N–H and O–H groups in total. The predicted octanol–water partition coefficient (Wildman–Crippen LogP) is 1.98. The number of nitrogens with zero attached hydrogens (tertiary/aromatic N) is 2. The molecule has 0 unspecified atom stereocenters. The molecule has 0 bridgehead atoms. The number of aryl methyl sites for hydroxylation is 1. The zero-order valence-corrected chi connectivity index (χ0v) is 12.1. The summed E-state index contributed by atoms with van der Waals surface area (Å²) in [6, 6.07) is 9.34. The number of methoxy groups -OCH3 is 1. The number of aromatic nitrogens is 2. The number of ether oxygens (including phenoxy) is 1. The third-order valence-electron chi connectivity index (χ3n) is 2.75. The molecule has 0 atom stereocenters. The Kier molecular flexibility index (Phi) is 5.22. The van der Waals surface area contributed by atoms with Crippen LogP contribution >= 0.6 is 0 Å². The lowest BCUT2D eigenvalue weighted by Gasteiger charge is -2.08. The minimum absolute atomic E-state index is 0.0487. The summed E-state index contributed by atoms with van der Waals surface area (Å²) in [5.74, 6) is 0.583. The molecule has 21 heavy (non-hydrogen) atoms. The normalized spacial score (nSPS) is 10.2. The maximum Gasteiger partial charge on any atom is 0.250 e. The van der Waals surface area contributed by atoms with Crippen LogP contribution < -0.4 is 10.6 Å². The van der Waals surface area contributed by atoms with Gasteiger partial charge in [0.15, 0.2) is 0 Å². The average molecular weight is 286 g/mol. The van der Waals surface area contributed by atoms with E-state index >= 15 is 0 Å². The highest BCUT2D eigenvalue weighted by Crippen LogP contribution is 2.14. The summed E-state index contributed by atoms with van der Waals surface area (Å²) < 4.78 is 4.76. The van der Waals surface area contributed by atoms with Crippen LogP contribution in [0.15, 0.2) is 36.5 Å². The molecule has 0 radical (unpaired) electrons. The smallest absolute Gasteiger partial charge is 0.250 e. The molecule has 0 aliphatic carbocycles. The Morgan fingerprint density at radius 1 is 1.19 bits per heavy atom. The Bertz CT molecular complexity index is 599. The molecule has 2 rings (SSSR count). The second-order valence-electron chi connectivity index (χ2n) is 4.51. The third kappa shape index (κ3) is 4.85. The van der Waals surface area contributed by atoms with Crippen molar-refractivity contribution in [2.45, 2.75) is 13.5 Å². The molecule has 6 nitrogen and oxygen atoms in total. The highest BCUT2D eigenvalue weighted by Gasteiger charge is 2.01. The molecule has 1 aromatic carbocycles. The van der Waals surface area contributed by atoms with Crippen LogP contribution in [-0.2, 0) is 16.1 Å². The Labute approximate surface area is 123 Å². The Morgan fingerprint density at radius 2 is 1.90 bits per heavy atom. The van der Waals surface area contributed by atoms with E-state index in [0.29, 0.717) is 6.54 Å². The molecule has 1 aromatic heterocycles. The van der Waals surface area contributed by atoms with Gasteiger partial charge in [0.05, 0.1) is 12.2 Å². The van der Waals surface area contributed by atoms with Crippen LogP contribution in [0.4, 0.5) is 11.4 Å². The van der Waals surface area contributed by atoms with Crippen LogP contribution in [0.5, 0.6) is 0 Å². The zero-order valence-electron chi connectivity index (χ0n) is 12.1. The van der Waals surface area contributed by atoms with Crippen LogP contribution in [0.1, 0.15) is 11.5 Å². The maximum atomic E-state index is 11.4. The van der Waals surface area contributed by atoms with Crippen LogP contribution in [-0.4, -0.2) is 29.6 Å². The largest absolute Gasteiger partial charge is 0.379 e. The molecule has 110 valence electrons. The molecule has 6 heteroatoms. The van der Waals surface area contributed by atoms with Gasteiger partial charge in [0.2, 0.25) is 5.91 Å². The van der Waals surface area contributed by atoms with Crippen molar-refractivity contribution in [1.29, 1.82) is 0 Å². The molecule has 0 aliphatic rings. The topological polar surface area (TPSA) is 76.1 Å². The van der Waals surface area contributed by atoms with E-state index < -0.39 is 0 Å². The predicted molar refractivity (Wildman–Crippen MR) is 81.0 cm³/mol. The summed E-state index contributed by atoms with van der Waals surface area (Å²) >= 11 is 0. The molecule has 0 saturated heterocycles. The highest BCUT2D eigenvalue weighted by atomic mass is 16.5. The van der Waals surface area contributed by atoms with Gasteiger partial charge in [0, 0.05) is 24.7 Å². The lowest BCUT2D eigenvalue weighted by atomic mass is 10.2. The van der Waals surface area contributed by atoms with Crippen molar-refractivity contribution < 1.29 is 9.53 Å². The Hall–Kier alpha value is -2.47. The molecule has 0 fully saturated rings. The number of nitrogens with one attached hydrogen (secondary N) is 2. The van der Waals surface area contributed by atoms with Gasteiger partial charge < -0.3 is 15.4 Å². The number of amides is 1. The summed E-state index contributed by atoms with van der Waals surface area (Å²) in [5.41, 5.74) is 2.62. The van der Waals surface area contributed by atoms with E-state index in [9.17, 15) is 4.79 Å².